The van der Waals surface area contributed by atoms with Crippen molar-refractivity contribution in [2.75, 3.05) is 32.8 Å². The predicted octanol–water partition coefficient (Wildman–Crippen LogP) is 2.37. The summed E-state index contributed by atoms with van der Waals surface area (Å²) in [5.74, 6) is -0.828. The fourth-order valence-electron chi connectivity index (χ4n) is 4.32. The lowest BCUT2D eigenvalue weighted by Crippen LogP contribution is -2.62. The molecule has 0 spiro atoms. The summed E-state index contributed by atoms with van der Waals surface area (Å²) >= 11 is 0. The van der Waals surface area contributed by atoms with Gasteiger partial charge in [0, 0.05) is 26.2 Å². The Morgan fingerprint density at radius 2 is 1.69 bits per heavy atom. The van der Waals surface area contributed by atoms with Gasteiger partial charge in [0.05, 0.1) is 12.2 Å². The number of ether oxygens (including phenoxy) is 2. The molecule has 14 heteroatoms. The van der Waals surface area contributed by atoms with E-state index in [2.05, 4.69) is 0 Å². The summed E-state index contributed by atoms with van der Waals surface area (Å²) in [6.45, 7) is 1.75. The second-order valence-corrected chi connectivity index (χ2v) is 10.6. The van der Waals surface area contributed by atoms with E-state index in [9.17, 15) is 36.4 Å². The van der Waals surface area contributed by atoms with Gasteiger partial charge in [0.15, 0.2) is 4.75 Å². The lowest BCUT2D eigenvalue weighted by Gasteiger charge is -2.42. The smallest absolute Gasteiger partial charge is 0.416 e. The number of rotatable bonds is 6. The number of amides is 2. The number of alkyl halides is 3. The van der Waals surface area contributed by atoms with Gasteiger partial charge in [-0.3, -0.25) is 10.0 Å². The average molecular weight is 524 g/mol. The maximum absolute atomic E-state index is 13.5. The molecule has 35 heavy (non-hydrogen) atoms. The van der Waals surface area contributed by atoms with Crippen LogP contribution in [0.2, 0.25) is 0 Å². The van der Waals surface area contributed by atoms with E-state index < -0.39 is 44.6 Å². The first-order valence-corrected chi connectivity index (χ1v) is 12.6. The number of carbonyl (C=O) groups is 2. The van der Waals surface area contributed by atoms with Crippen molar-refractivity contribution in [1.82, 2.24) is 14.7 Å². The highest BCUT2D eigenvalue weighted by Gasteiger charge is 2.55. The molecule has 0 aromatic heterocycles. The number of carbonyl (C=O) groups excluding carboxylic acids is 2. The van der Waals surface area contributed by atoms with Crippen LogP contribution in [-0.2, 0) is 25.7 Å². The van der Waals surface area contributed by atoms with Crippen molar-refractivity contribution in [2.24, 2.45) is 0 Å². The van der Waals surface area contributed by atoms with E-state index in [1.165, 1.54) is 22.5 Å². The third-order valence-electron chi connectivity index (χ3n) is 6.33. The number of benzene rings is 1. The van der Waals surface area contributed by atoms with Crippen LogP contribution in [0.3, 0.4) is 0 Å². The summed E-state index contributed by atoms with van der Waals surface area (Å²) in [5, 5.41) is 9.27. The van der Waals surface area contributed by atoms with Gasteiger partial charge in [0.2, 0.25) is 10.0 Å². The number of hydrogen-bond donors (Lipinski definition) is 2. The molecule has 0 unspecified atom stereocenters. The SMILES string of the molecule is CCOC(=O)N1CCC(C(=O)NO)(S(=O)(=O)N2CCC(Oc3ccc(C(F)(F)F)cc3)CC2)CC1. The maximum atomic E-state index is 13.5. The molecule has 0 radical (unpaired) electrons. The molecule has 0 bridgehead atoms. The van der Waals surface area contributed by atoms with Crippen LogP contribution in [0.1, 0.15) is 38.2 Å². The van der Waals surface area contributed by atoms with Gasteiger partial charge in [-0.25, -0.2) is 23.0 Å². The van der Waals surface area contributed by atoms with Crippen molar-refractivity contribution in [2.45, 2.75) is 49.6 Å². The van der Waals surface area contributed by atoms with Gasteiger partial charge >= 0.3 is 12.3 Å². The molecule has 2 saturated heterocycles. The molecule has 3 rings (SSSR count). The van der Waals surface area contributed by atoms with Crippen molar-refractivity contribution in [3.63, 3.8) is 0 Å². The summed E-state index contributed by atoms with van der Waals surface area (Å²) in [7, 11) is -4.24. The van der Waals surface area contributed by atoms with Crippen LogP contribution in [0.15, 0.2) is 24.3 Å². The van der Waals surface area contributed by atoms with Gasteiger partial charge in [0.25, 0.3) is 5.91 Å². The molecule has 2 N–H and O–H groups in total. The molecule has 2 amide bonds. The molecule has 2 aliphatic rings. The van der Waals surface area contributed by atoms with Gasteiger partial charge in [0.1, 0.15) is 11.9 Å². The minimum Gasteiger partial charge on any atom is -0.490 e. The Hall–Kier alpha value is -2.58. The fraction of sp³-hybridized carbons (Fsp3) is 0.619. The number of sulfonamides is 1. The van der Waals surface area contributed by atoms with E-state index >= 15 is 0 Å². The predicted molar refractivity (Wildman–Crippen MR) is 116 cm³/mol. The normalized spacial score (nSPS) is 19.7. The number of piperidine rings is 2. The molecular formula is C21H28F3N3O7S. The topological polar surface area (TPSA) is 125 Å². The highest BCUT2D eigenvalue weighted by Crippen LogP contribution is 2.36. The van der Waals surface area contributed by atoms with Gasteiger partial charge in [-0.05, 0) is 56.9 Å². The van der Waals surface area contributed by atoms with Crippen LogP contribution in [-0.4, -0.2) is 78.5 Å². The van der Waals surface area contributed by atoms with E-state index in [0.717, 1.165) is 16.4 Å². The molecule has 0 atom stereocenters. The minimum absolute atomic E-state index is 0.0235. The molecule has 0 aliphatic carbocycles. The molecule has 1 aromatic rings. The highest BCUT2D eigenvalue weighted by molar-refractivity contribution is 7.91. The second kappa shape index (κ2) is 10.6. The third kappa shape index (κ3) is 5.64. The van der Waals surface area contributed by atoms with E-state index in [1.807, 2.05) is 0 Å². The summed E-state index contributed by atoms with van der Waals surface area (Å²) in [6.07, 6.45) is -5.42. The van der Waals surface area contributed by atoms with E-state index in [1.54, 1.807) is 6.92 Å². The summed E-state index contributed by atoms with van der Waals surface area (Å²) < 4.78 is 75.1. The van der Waals surface area contributed by atoms with E-state index in [-0.39, 0.29) is 64.2 Å². The summed E-state index contributed by atoms with van der Waals surface area (Å²) in [6, 6.07) is 4.25. The van der Waals surface area contributed by atoms with Crippen LogP contribution in [0, 0.1) is 0 Å². The number of halogens is 3. The van der Waals surface area contributed by atoms with Crippen molar-refractivity contribution >= 4 is 22.0 Å². The molecular weight excluding hydrogens is 495 g/mol. The van der Waals surface area contributed by atoms with Crippen molar-refractivity contribution in [1.29, 1.82) is 0 Å². The zero-order valence-electron chi connectivity index (χ0n) is 19.1. The Bertz CT molecular complexity index is 1000. The minimum atomic E-state index is -4.46. The van der Waals surface area contributed by atoms with Crippen LogP contribution in [0.5, 0.6) is 5.75 Å². The van der Waals surface area contributed by atoms with Crippen molar-refractivity contribution in [3.05, 3.63) is 29.8 Å². The third-order valence-corrected chi connectivity index (χ3v) is 8.96. The molecule has 196 valence electrons. The summed E-state index contributed by atoms with van der Waals surface area (Å²) in [4.78, 5) is 25.9. The lowest BCUT2D eigenvalue weighted by atomic mass is 9.95. The average Bonchev–Trinajstić information content (AvgIpc) is 2.83. The van der Waals surface area contributed by atoms with Gasteiger partial charge in [-0.15, -0.1) is 0 Å². The second-order valence-electron chi connectivity index (χ2n) is 8.36. The number of hydroxylamine groups is 1. The number of nitrogens with one attached hydrogen (secondary N) is 1. The Kier molecular flexibility index (Phi) is 8.17. The van der Waals surface area contributed by atoms with Crippen LogP contribution in [0.4, 0.5) is 18.0 Å². The monoisotopic (exact) mass is 523 g/mol. The molecule has 2 aliphatic heterocycles. The highest BCUT2D eigenvalue weighted by atomic mass is 32.2. The quantitative estimate of drug-likeness (QED) is 0.433. The molecule has 0 saturated carbocycles. The molecule has 2 heterocycles. The zero-order valence-corrected chi connectivity index (χ0v) is 19.9. The van der Waals surface area contributed by atoms with Crippen molar-refractivity contribution < 1.29 is 45.9 Å². The lowest BCUT2D eigenvalue weighted by molar-refractivity contribution is -0.137. The number of hydrogen-bond acceptors (Lipinski definition) is 7. The Morgan fingerprint density at radius 1 is 1.11 bits per heavy atom. The fourth-order valence-corrected chi connectivity index (χ4v) is 6.49. The largest absolute Gasteiger partial charge is 0.490 e. The standard InChI is InChI=1S/C21H28F3N3O7S/c1-2-33-19(29)26-13-9-20(10-14-26,18(28)25-30)35(31,32)27-11-7-17(8-12-27)34-16-5-3-15(4-6-16)21(22,23)24/h3-6,17,30H,2,7-14H2,1H3,(H,25,28). The summed E-state index contributed by atoms with van der Waals surface area (Å²) in [5.41, 5.74) is 0.663. The molecule has 2 fully saturated rings. The Morgan fingerprint density at radius 3 is 2.17 bits per heavy atom. The van der Waals surface area contributed by atoms with Crippen LogP contribution >= 0.6 is 0 Å². The first kappa shape index (κ1) is 27.0. The van der Waals surface area contributed by atoms with Crippen molar-refractivity contribution in [3.8, 4) is 5.75 Å². The first-order valence-electron chi connectivity index (χ1n) is 11.1. The van der Waals surface area contributed by atoms with Gasteiger partial charge in [-0.1, -0.05) is 0 Å². The van der Waals surface area contributed by atoms with Crippen LogP contribution in [0.25, 0.3) is 0 Å². The molecule has 1 aromatic carbocycles. The first-order chi connectivity index (χ1) is 16.4. The Balaban J connectivity index is 1.66. The van der Waals surface area contributed by atoms with Crippen LogP contribution < -0.4 is 10.2 Å². The Labute approximate surface area is 201 Å². The number of likely N-dealkylation sites (tertiary alicyclic amines) is 1. The van der Waals surface area contributed by atoms with E-state index in [0.29, 0.717) is 0 Å². The van der Waals surface area contributed by atoms with Gasteiger partial charge < -0.3 is 14.4 Å². The number of nitrogens with zero attached hydrogens (tertiary/aromatic N) is 2. The zero-order chi connectivity index (χ0) is 25.9. The maximum Gasteiger partial charge on any atom is 0.416 e. The van der Waals surface area contributed by atoms with E-state index in [4.69, 9.17) is 9.47 Å². The van der Waals surface area contributed by atoms with Gasteiger partial charge in [-0.2, -0.15) is 13.2 Å². The molecule has 10 nitrogen and oxygen atoms in total.